The molecule has 0 aliphatic carbocycles. The summed E-state index contributed by atoms with van der Waals surface area (Å²) in [6.07, 6.45) is 2.11. The van der Waals surface area contributed by atoms with Gasteiger partial charge in [-0.2, -0.15) is 0 Å². The molecule has 0 aliphatic rings. The van der Waals surface area contributed by atoms with Gasteiger partial charge < -0.3 is 5.32 Å². The Hall–Kier alpha value is -1.12. The van der Waals surface area contributed by atoms with Crippen molar-refractivity contribution in [3.05, 3.63) is 68.7 Å². The zero-order chi connectivity index (χ0) is 15.4. The molecule has 0 bridgehead atoms. The van der Waals surface area contributed by atoms with E-state index in [0.717, 1.165) is 12.8 Å². The Morgan fingerprint density at radius 3 is 2.00 bits per heavy atom. The van der Waals surface area contributed by atoms with Crippen LogP contribution in [0.5, 0.6) is 0 Å². The highest BCUT2D eigenvalue weighted by molar-refractivity contribution is 9.10. The molecule has 2 heteroatoms. The lowest BCUT2D eigenvalue weighted by Gasteiger charge is -2.19. The van der Waals surface area contributed by atoms with E-state index in [2.05, 4.69) is 78.4 Å². The Labute approximate surface area is 136 Å². The first-order chi connectivity index (χ1) is 10.0. The van der Waals surface area contributed by atoms with Gasteiger partial charge in [-0.1, -0.05) is 59.3 Å². The molecule has 2 aromatic carbocycles. The van der Waals surface area contributed by atoms with E-state index in [0.29, 0.717) is 6.04 Å². The molecule has 0 aromatic heterocycles. The summed E-state index contributed by atoms with van der Waals surface area (Å²) in [4.78, 5) is 0. The normalized spacial score (nSPS) is 12.4. The topological polar surface area (TPSA) is 12.0 Å². The highest BCUT2D eigenvalue weighted by Crippen LogP contribution is 2.27. The Morgan fingerprint density at radius 2 is 1.52 bits per heavy atom. The van der Waals surface area contributed by atoms with Crippen LogP contribution in [0, 0.1) is 13.8 Å². The molecule has 1 nitrogen and oxygen atoms in total. The van der Waals surface area contributed by atoms with Gasteiger partial charge >= 0.3 is 0 Å². The maximum absolute atomic E-state index is 3.65. The monoisotopic (exact) mass is 345 g/mol. The third-order valence-electron chi connectivity index (χ3n) is 4.08. The van der Waals surface area contributed by atoms with Crippen LogP contribution in [0.3, 0.4) is 0 Å². The molecule has 0 radical (unpaired) electrons. The molecule has 0 saturated carbocycles. The van der Waals surface area contributed by atoms with E-state index in [4.69, 9.17) is 0 Å². The quantitative estimate of drug-likeness (QED) is 0.791. The van der Waals surface area contributed by atoms with E-state index in [1.54, 1.807) is 0 Å². The van der Waals surface area contributed by atoms with Gasteiger partial charge in [0.1, 0.15) is 0 Å². The predicted molar refractivity (Wildman–Crippen MR) is 94.9 cm³/mol. The summed E-state index contributed by atoms with van der Waals surface area (Å²) in [6.45, 7) is 6.51. The van der Waals surface area contributed by atoms with Crippen LogP contribution >= 0.6 is 15.9 Å². The first-order valence-electron chi connectivity index (χ1n) is 7.56. The second kappa shape index (κ2) is 7.24. The van der Waals surface area contributed by atoms with Gasteiger partial charge in [0.2, 0.25) is 0 Å². The summed E-state index contributed by atoms with van der Waals surface area (Å²) in [5, 5.41) is 3.45. The third-order valence-corrected chi connectivity index (χ3v) is 5.33. The molecule has 0 spiro atoms. The third kappa shape index (κ3) is 3.96. The number of hydrogen-bond donors (Lipinski definition) is 1. The summed E-state index contributed by atoms with van der Waals surface area (Å²) in [6, 6.07) is 13.9. The molecule has 1 atom stereocenters. The lowest BCUT2D eigenvalue weighted by Crippen LogP contribution is -2.19. The van der Waals surface area contributed by atoms with Crippen LogP contribution in [0.4, 0.5) is 0 Å². The lowest BCUT2D eigenvalue weighted by atomic mass is 9.95. The fraction of sp³-hybridized carbons (Fsp3) is 0.368. The minimum absolute atomic E-state index is 0.350. The number of rotatable bonds is 5. The van der Waals surface area contributed by atoms with E-state index in [9.17, 15) is 0 Å². The first-order valence-corrected chi connectivity index (χ1v) is 8.36. The highest BCUT2D eigenvalue weighted by Gasteiger charge is 2.12. The smallest absolute Gasteiger partial charge is 0.0358 e. The van der Waals surface area contributed by atoms with Crippen LogP contribution in [0.1, 0.15) is 40.8 Å². The number of hydrogen-bond acceptors (Lipinski definition) is 1. The minimum atomic E-state index is 0.350. The maximum Gasteiger partial charge on any atom is 0.0358 e. The van der Waals surface area contributed by atoms with Gasteiger partial charge in [0.25, 0.3) is 0 Å². The van der Waals surface area contributed by atoms with Gasteiger partial charge in [0.15, 0.2) is 0 Å². The standard InChI is InChI=1S/C19H24BrN/c1-5-15-6-8-16(9-7-15)12-18(21-4)17-10-13(2)19(20)14(3)11-17/h6-11,18,21H,5,12H2,1-4H3. The maximum atomic E-state index is 3.65. The van der Waals surface area contributed by atoms with Gasteiger partial charge in [0.05, 0.1) is 0 Å². The second-order valence-corrected chi connectivity index (χ2v) is 6.48. The van der Waals surface area contributed by atoms with Gasteiger partial charge in [-0.15, -0.1) is 0 Å². The Bertz CT molecular complexity index is 578. The molecule has 2 aromatic rings. The van der Waals surface area contributed by atoms with E-state index >= 15 is 0 Å². The number of nitrogens with one attached hydrogen (secondary N) is 1. The van der Waals surface area contributed by atoms with E-state index < -0.39 is 0 Å². The summed E-state index contributed by atoms with van der Waals surface area (Å²) in [7, 11) is 2.04. The Morgan fingerprint density at radius 1 is 1.00 bits per heavy atom. The molecule has 0 heterocycles. The first kappa shape index (κ1) is 16.3. The Balaban J connectivity index is 2.23. The fourth-order valence-electron chi connectivity index (χ4n) is 2.71. The van der Waals surface area contributed by atoms with Crippen LogP contribution in [0.25, 0.3) is 0 Å². The van der Waals surface area contributed by atoms with Crippen molar-refractivity contribution in [2.24, 2.45) is 0 Å². The molecule has 2 rings (SSSR count). The van der Waals surface area contributed by atoms with Crippen LogP contribution in [-0.4, -0.2) is 7.05 Å². The van der Waals surface area contributed by atoms with Gasteiger partial charge in [-0.3, -0.25) is 0 Å². The number of benzene rings is 2. The van der Waals surface area contributed by atoms with E-state index in [-0.39, 0.29) is 0 Å². The van der Waals surface area contributed by atoms with Crippen molar-refractivity contribution in [2.75, 3.05) is 7.05 Å². The number of likely N-dealkylation sites (N-methyl/N-ethyl adjacent to an activating group) is 1. The zero-order valence-electron chi connectivity index (χ0n) is 13.3. The molecule has 1 unspecified atom stereocenters. The Kier molecular flexibility index (Phi) is 5.60. The molecule has 0 aliphatic heterocycles. The average Bonchev–Trinajstić information content (AvgIpc) is 2.50. The predicted octanol–water partition coefficient (Wildman–Crippen LogP) is 5.13. The fourth-order valence-corrected chi connectivity index (χ4v) is 2.94. The molecule has 21 heavy (non-hydrogen) atoms. The largest absolute Gasteiger partial charge is 0.313 e. The van der Waals surface area contributed by atoms with Crippen molar-refractivity contribution in [2.45, 2.75) is 39.7 Å². The average molecular weight is 346 g/mol. The van der Waals surface area contributed by atoms with Crippen molar-refractivity contribution in [1.29, 1.82) is 0 Å². The molecule has 112 valence electrons. The van der Waals surface area contributed by atoms with Crippen molar-refractivity contribution in [3.8, 4) is 0 Å². The van der Waals surface area contributed by atoms with E-state index in [1.807, 2.05) is 7.05 Å². The van der Waals surface area contributed by atoms with E-state index in [1.165, 1.54) is 32.3 Å². The lowest BCUT2D eigenvalue weighted by molar-refractivity contribution is 0.591. The molecule has 0 amide bonds. The van der Waals surface area contributed by atoms with Crippen LogP contribution in [0.15, 0.2) is 40.9 Å². The van der Waals surface area contributed by atoms with Crippen LogP contribution < -0.4 is 5.32 Å². The molecule has 0 fully saturated rings. The van der Waals surface area contributed by atoms with Crippen molar-refractivity contribution < 1.29 is 0 Å². The van der Waals surface area contributed by atoms with Crippen LogP contribution in [-0.2, 0) is 12.8 Å². The SMILES string of the molecule is CCc1ccc(CC(NC)c2cc(C)c(Br)c(C)c2)cc1. The summed E-state index contributed by atoms with van der Waals surface area (Å²) < 4.78 is 1.22. The van der Waals surface area contributed by atoms with Crippen molar-refractivity contribution in [1.82, 2.24) is 5.32 Å². The molecule has 1 N–H and O–H groups in total. The van der Waals surface area contributed by atoms with Crippen molar-refractivity contribution >= 4 is 15.9 Å². The van der Waals surface area contributed by atoms with Gasteiger partial charge in [0, 0.05) is 10.5 Å². The molecule has 0 saturated heterocycles. The summed E-state index contributed by atoms with van der Waals surface area (Å²) >= 11 is 3.65. The number of halogens is 1. The highest BCUT2D eigenvalue weighted by atomic mass is 79.9. The van der Waals surface area contributed by atoms with Crippen molar-refractivity contribution in [3.63, 3.8) is 0 Å². The van der Waals surface area contributed by atoms with Gasteiger partial charge in [-0.05, 0) is 61.6 Å². The summed E-state index contributed by atoms with van der Waals surface area (Å²) in [5.74, 6) is 0. The van der Waals surface area contributed by atoms with Gasteiger partial charge in [-0.25, -0.2) is 0 Å². The number of aryl methyl sites for hydroxylation is 3. The summed E-state index contributed by atoms with van der Waals surface area (Å²) in [5.41, 5.74) is 6.73. The molecular formula is C19H24BrN. The zero-order valence-corrected chi connectivity index (χ0v) is 14.9. The minimum Gasteiger partial charge on any atom is -0.313 e. The second-order valence-electron chi connectivity index (χ2n) is 5.68. The molecular weight excluding hydrogens is 322 g/mol. The van der Waals surface area contributed by atoms with Crippen LogP contribution in [0.2, 0.25) is 0 Å².